The molecule has 0 aliphatic carbocycles. The van der Waals surface area contributed by atoms with Crippen LogP contribution in [0.3, 0.4) is 0 Å². The van der Waals surface area contributed by atoms with Gasteiger partial charge in [0.2, 0.25) is 6.29 Å². The molecule has 0 amide bonds. The summed E-state index contributed by atoms with van der Waals surface area (Å²) in [6.45, 7) is 0. The van der Waals surface area contributed by atoms with Crippen LogP contribution < -0.4 is 0 Å². The molecule has 0 unspecified atom stereocenters. The molecule has 6 heteroatoms. The monoisotopic (exact) mass is 225 g/mol. The van der Waals surface area contributed by atoms with E-state index in [0.717, 1.165) is 6.29 Å². The number of aromatic nitrogens is 2. The highest BCUT2D eigenvalue weighted by atomic mass is 32.1. The average Bonchev–Trinajstić information content (AvgIpc) is 2.92. The van der Waals surface area contributed by atoms with Crippen molar-refractivity contribution in [2.45, 2.75) is 0 Å². The van der Waals surface area contributed by atoms with Gasteiger partial charge in [-0.15, -0.1) is 11.3 Å². The third-order valence-corrected chi connectivity index (χ3v) is 2.36. The van der Waals surface area contributed by atoms with Gasteiger partial charge in [0, 0.05) is 11.6 Å². The minimum atomic E-state index is 0.519. The van der Waals surface area contributed by atoms with E-state index in [4.69, 9.17) is 0 Å². The van der Waals surface area contributed by atoms with Crippen molar-refractivity contribution in [2.75, 3.05) is 0 Å². The van der Waals surface area contributed by atoms with E-state index >= 15 is 0 Å². The molecule has 0 saturated heterocycles. The maximum Gasteiger partial charge on any atom is 0.245 e. The molecule has 2 heterocycles. The maximum absolute atomic E-state index is 9.81. The Bertz CT molecular complexity index is 332. The zero-order chi connectivity index (χ0) is 10.2. The summed E-state index contributed by atoms with van der Waals surface area (Å²) < 4.78 is 3.71. The molecule has 14 heavy (non-hydrogen) atoms. The molecule has 71 valence electrons. The summed E-state index contributed by atoms with van der Waals surface area (Å²) in [5.41, 5.74) is 2.12. The van der Waals surface area contributed by atoms with Crippen LogP contribution in [0.25, 0.3) is 0 Å². The number of hydrogen-bond donors (Lipinski definition) is 0. The standard InChI is InChI=1S/C4H2NOS.C4H3NOS/c6-2-4-1-5-3-7-4;6-3-4-1-2-7-5-4/h1,3H;1-3H. The minimum Gasteiger partial charge on any atom is -0.296 e. The molecule has 0 aromatic carbocycles. The molecule has 0 aliphatic heterocycles. The molecule has 4 nitrogen and oxygen atoms in total. The van der Waals surface area contributed by atoms with Crippen molar-refractivity contribution in [3.8, 4) is 0 Å². The van der Waals surface area contributed by atoms with Gasteiger partial charge in [-0.25, -0.2) is 0 Å². The van der Waals surface area contributed by atoms with Gasteiger partial charge < -0.3 is 0 Å². The van der Waals surface area contributed by atoms with Gasteiger partial charge in [-0.1, -0.05) is 0 Å². The summed E-state index contributed by atoms with van der Waals surface area (Å²) in [7, 11) is 0. The molecule has 0 fully saturated rings. The Labute approximate surface area is 88.4 Å². The first-order chi connectivity index (χ1) is 6.86. The van der Waals surface area contributed by atoms with Gasteiger partial charge in [-0.05, 0) is 17.6 Å². The number of hydrogen-bond acceptors (Lipinski definition) is 6. The van der Waals surface area contributed by atoms with E-state index in [1.165, 1.54) is 29.1 Å². The van der Waals surface area contributed by atoms with Crippen molar-refractivity contribution in [3.05, 3.63) is 33.7 Å². The Morgan fingerprint density at radius 3 is 2.64 bits per heavy atom. The Morgan fingerprint density at radius 2 is 2.36 bits per heavy atom. The third kappa shape index (κ3) is 3.55. The predicted molar refractivity (Wildman–Crippen MR) is 54.4 cm³/mol. The summed E-state index contributed by atoms with van der Waals surface area (Å²) in [6.07, 6.45) is 3.93. The van der Waals surface area contributed by atoms with Gasteiger partial charge in [0.05, 0.1) is 10.4 Å². The Balaban J connectivity index is 0.000000140. The fourth-order valence-corrected chi connectivity index (χ4v) is 1.44. The van der Waals surface area contributed by atoms with E-state index in [-0.39, 0.29) is 0 Å². The van der Waals surface area contributed by atoms with Gasteiger partial charge in [0.15, 0.2) is 6.29 Å². The molecule has 0 saturated carbocycles. The summed E-state index contributed by atoms with van der Waals surface area (Å²) in [5.74, 6) is 0. The predicted octanol–water partition coefficient (Wildman–Crippen LogP) is 1.56. The van der Waals surface area contributed by atoms with Crippen LogP contribution in [0.2, 0.25) is 0 Å². The zero-order valence-corrected chi connectivity index (χ0v) is 8.55. The number of rotatable bonds is 2. The molecule has 2 aromatic rings. The van der Waals surface area contributed by atoms with Gasteiger partial charge >= 0.3 is 0 Å². The minimum absolute atomic E-state index is 0.519. The molecule has 0 N–H and O–H groups in total. The van der Waals surface area contributed by atoms with Crippen LogP contribution in [0.15, 0.2) is 23.2 Å². The van der Waals surface area contributed by atoms with E-state index in [0.29, 0.717) is 10.6 Å². The van der Waals surface area contributed by atoms with E-state index in [1.807, 2.05) is 0 Å². The van der Waals surface area contributed by atoms with Crippen LogP contribution in [0, 0.1) is 0 Å². The van der Waals surface area contributed by atoms with E-state index in [9.17, 15) is 9.59 Å². The van der Waals surface area contributed by atoms with Crippen molar-refractivity contribution in [2.24, 2.45) is 0 Å². The lowest BCUT2D eigenvalue weighted by Gasteiger charge is -1.64. The van der Waals surface area contributed by atoms with Crippen molar-refractivity contribution in [3.63, 3.8) is 0 Å². The van der Waals surface area contributed by atoms with Crippen molar-refractivity contribution in [1.82, 2.24) is 9.36 Å². The molecule has 0 spiro atoms. The number of carbonyl (C=O) groups excluding carboxylic acids is 2. The summed E-state index contributed by atoms with van der Waals surface area (Å²) in [5, 5.41) is 1.77. The first kappa shape index (κ1) is 10.7. The van der Waals surface area contributed by atoms with Crippen LogP contribution in [0.1, 0.15) is 15.4 Å². The first-order valence-corrected chi connectivity index (χ1v) is 5.20. The summed E-state index contributed by atoms with van der Waals surface area (Å²) in [6, 6.07) is 1.68. The summed E-state index contributed by atoms with van der Waals surface area (Å²) in [4.78, 5) is 23.7. The van der Waals surface area contributed by atoms with Gasteiger partial charge in [0.1, 0.15) is 5.69 Å². The molecule has 2 rings (SSSR count). The highest BCUT2D eigenvalue weighted by Crippen LogP contribution is 1.98. The lowest BCUT2D eigenvalue weighted by molar-refractivity contribution is 0.112. The normalized spacial score (nSPS) is 8.57. The second-order valence-electron chi connectivity index (χ2n) is 2.01. The highest BCUT2D eigenvalue weighted by molar-refractivity contribution is 7.11. The molecule has 0 bridgehead atoms. The van der Waals surface area contributed by atoms with E-state index < -0.39 is 0 Å². The largest absolute Gasteiger partial charge is 0.296 e. The van der Waals surface area contributed by atoms with Gasteiger partial charge in [-0.2, -0.15) is 4.37 Å². The van der Waals surface area contributed by atoms with E-state index in [2.05, 4.69) is 9.36 Å². The van der Waals surface area contributed by atoms with Crippen molar-refractivity contribution < 1.29 is 9.59 Å². The smallest absolute Gasteiger partial charge is 0.245 e. The highest BCUT2D eigenvalue weighted by Gasteiger charge is 1.86. The lowest BCUT2D eigenvalue weighted by atomic mass is 10.5. The topological polar surface area (TPSA) is 59.9 Å². The average molecular weight is 225 g/mol. The lowest BCUT2D eigenvalue weighted by Crippen LogP contribution is -1.71. The SMILES string of the molecule is O=Cc1ccsn1.O=[C]c1cncs1. The van der Waals surface area contributed by atoms with Gasteiger partial charge in [0.25, 0.3) is 0 Å². The molecule has 0 aliphatic rings. The fourth-order valence-electron chi connectivity index (χ4n) is 0.549. The number of nitrogens with zero attached hydrogens (tertiary/aromatic N) is 2. The van der Waals surface area contributed by atoms with Crippen LogP contribution in [0.4, 0.5) is 0 Å². The zero-order valence-electron chi connectivity index (χ0n) is 6.91. The van der Waals surface area contributed by atoms with Crippen LogP contribution in [-0.2, 0) is 4.79 Å². The summed E-state index contributed by atoms with van der Waals surface area (Å²) >= 11 is 2.57. The Hall–Kier alpha value is -1.40. The Kier molecular flexibility index (Phi) is 4.66. The first-order valence-electron chi connectivity index (χ1n) is 3.49. The van der Waals surface area contributed by atoms with E-state index in [1.54, 1.807) is 23.2 Å². The Morgan fingerprint density at radius 1 is 1.50 bits per heavy atom. The van der Waals surface area contributed by atoms with Crippen LogP contribution >= 0.6 is 22.9 Å². The van der Waals surface area contributed by atoms with Crippen LogP contribution in [0.5, 0.6) is 0 Å². The van der Waals surface area contributed by atoms with Crippen molar-refractivity contribution in [1.29, 1.82) is 0 Å². The number of carbonyl (C=O) groups is 1. The van der Waals surface area contributed by atoms with Crippen molar-refractivity contribution >= 4 is 35.4 Å². The van der Waals surface area contributed by atoms with Gasteiger partial charge in [-0.3, -0.25) is 14.6 Å². The maximum atomic E-state index is 9.81. The second-order valence-corrected chi connectivity index (χ2v) is 3.56. The fraction of sp³-hybridized carbons (Fsp3) is 0. The molecular formula is C8H5N2O2S2. The molecule has 0 atom stereocenters. The second kappa shape index (κ2) is 6.11. The third-order valence-electron chi connectivity index (χ3n) is 1.11. The molecule has 2 aromatic heterocycles. The number of aldehydes is 1. The molecule has 1 radical (unpaired) electrons. The number of thiazole rings is 1. The van der Waals surface area contributed by atoms with Crippen LogP contribution in [-0.4, -0.2) is 21.9 Å². The molecular weight excluding hydrogens is 220 g/mol. The quantitative estimate of drug-likeness (QED) is 0.728.